The minimum Gasteiger partial charge on any atom is -0.460 e. The van der Waals surface area contributed by atoms with E-state index in [1.165, 1.54) is 12.1 Å². The second-order valence-corrected chi connectivity index (χ2v) is 2.98. The predicted molar refractivity (Wildman–Crippen MR) is 52.0 cm³/mol. The molecule has 72 valence electrons. The van der Waals surface area contributed by atoms with Crippen molar-refractivity contribution in [2.45, 2.75) is 6.54 Å². The number of hydrogen-bond acceptors (Lipinski definition) is 2. The van der Waals surface area contributed by atoms with E-state index in [9.17, 15) is 4.39 Å². The van der Waals surface area contributed by atoms with Gasteiger partial charge >= 0.3 is 0 Å². The quantitative estimate of drug-likeness (QED) is 0.792. The molecule has 0 saturated heterocycles. The fraction of sp³-hybridized carbons (Fsp3) is 0.0909. The molecule has 1 heterocycles. The van der Waals surface area contributed by atoms with Crippen LogP contribution in [0.5, 0.6) is 0 Å². The van der Waals surface area contributed by atoms with E-state index in [0.29, 0.717) is 18.1 Å². The highest BCUT2D eigenvalue weighted by Gasteiger charge is 2.03. The number of hydrogen-bond donors (Lipinski definition) is 1. The largest absolute Gasteiger partial charge is 0.460 e. The van der Waals surface area contributed by atoms with Crippen LogP contribution in [0.3, 0.4) is 0 Å². The van der Waals surface area contributed by atoms with E-state index in [4.69, 9.17) is 10.2 Å². The van der Waals surface area contributed by atoms with Gasteiger partial charge in [0.15, 0.2) is 0 Å². The molecule has 0 aliphatic rings. The van der Waals surface area contributed by atoms with E-state index in [0.717, 1.165) is 5.56 Å². The molecule has 14 heavy (non-hydrogen) atoms. The molecule has 0 bridgehead atoms. The first-order valence-electron chi connectivity index (χ1n) is 4.34. The normalized spacial score (nSPS) is 10.4. The van der Waals surface area contributed by atoms with Crippen molar-refractivity contribution in [1.29, 1.82) is 0 Å². The van der Waals surface area contributed by atoms with Crippen molar-refractivity contribution in [3.8, 4) is 11.3 Å². The Kier molecular flexibility index (Phi) is 2.33. The standard InChI is InChI=1S/C11H10FNO/c12-9-3-1-2-8(6-9)11-5-4-10(7-13)14-11/h1-6H,7,13H2. The maximum absolute atomic E-state index is 12.9. The Hall–Kier alpha value is -1.61. The molecule has 0 spiro atoms. The summed E-state index contributed by atoms with van der Waals surface area (Å²) in [5.41, 5.74) is 6.13. The van der Waals surface area contributed by atoms with Crippen LogP contribution >= 0.6 is 0 Å². The summed E-state index contributed by atoms with van der Waals surface area (Å²) < 4.78 is 18.3. The van der Waals surface area contributed by atoms with E-state index < -0.39 is 0 Å². The Morgan fingerprint density at radius 2 is 2.07 bits per heavy atom. The zero-order valence-electron chi connectivity index (χ0n) is 7.53. The second-order valence-electron chi connectivity index (χ2n) is 2.98. The van der Waals surface area contributed by atoms with E-state index in [1.54, 1.807) is 24.3 Å². The smallest absolute Gasteiger partial charge is 0.134 e. The highest BCUT2D eigenvalue weighted by molar-refractivity contribution is 5.57. The van der Waals surface area contributed by atoms with Gasteiger partial charge < -0.3 is 10.2 Å². The van der Waals surface area contributed by atoms with Gasteiger partial charge in [-0.3, -0.25) is 0 Å². The van der Waals surface area contributed by atoms with Crippen LogP contribution in [0.25, 0.3) is 11.3 Å². The predicted octanol–water partition coefficient (Wildman–Crippen LogP) is 2.54. The number of nitrogens with two attached hydrogens (primary N) is 1. The molecule has 0 atom stereocenters. The molecule has 0 radical (unpaired) electrons. The fourth-order valence-corrected chi connectivity index (χ4v) is 1.28. The Balaban J connectivity index is 2.39. The molecule has 0 saturated carbocycles. The van der Waals surface area contributed by atoms with Gasteiger partial charge in [-0.1, -0.05) is 12.1 Å². The molecular formula is C11H10FNO. The maximum Gasteiger partial charge on any atom is 0.134 e. The van der Waals surface area contributed by atoms with Gasteiger partial charge in [0.1, 0.15) is 17.3 Å². The molecule has 0 aliphatic heterocycles. The molecule has 3 heteroatoms. The second kappa shape index (κ2) is 3.64. The van der Waals surface area contributed by atoms with Crippen LogP contribution in [0, 0.1) is 5.82 Å². The topological polar surface area (TPSA) is 39.2 Å². The molecule has 2 aromatic rings. The SMILES string of the molecule is NCc1ccc(-c2cccc(F)c2)o1. The van der Waals surface area contributed by atoms with Gasteiger partial charge in [-0.25, -0.2) is 4.39 Å². The van der Waals surface area contributed by atoms with Gasteiger partial charge in [-0.15, -0.1) is 0 Å². The van der Waals surface area contributed by atoms with Gasteiger partial charge in [0.25, 0.3) is 0 Å². The first-order valence-corrected chi connectivity index (χ1v) is 4.34. The molecule has 0 aliphatic carbocycles. The van der Waals surface area contributed by atoms with Crippen molar-refractivity contribution < 1.29 is 8.81 Å². The number of benzene rings is 1. The number of halogens is 1. The Bertz CT molecular complexity index is 436. The molecule has 0 unspecified atom stereocenters. The molecule has 0 amide bonds. The lowest BCUT2D eigenvalue weighted by Gasteiger charge is -1.96. The zero-order valence-corrected chi connectivity index (χ0v) is 7.53. The van der Waals surface area contributed by atoms with Crippen molar-refractivity contribution in [3.63, 3.8) is 0 Å². The van der Waals surface area contributed by atoms with Crippen LogP contribution in [-0.2, 0) is 6.54 Å². The highest BCUT2D eigenvalue weighted by atomic mass is 19.1. The highest BCUT2D eigenvalue weighted by Crippen LogP contribution is 2.22. The van der Waals surface area contributed by atoms with Crippen molar-refractivity contribution in [2.24, 2.45) is 5.73 Å². The van der Waals surface area contributed by atoms with Crippen LogP contribution in [0.2, 0.25) is 0 Å². The van der Waals surface area contributed by atoms with Crippen molar-refractivity contribution in [1.82, 2.24) is 0 Å². The molecule has 2 nitrogen and oxygen atoms in total. The average Bonchev–Trinajstić information content (AvgIpc) is 2.66. The lowest BCUT2D eigenvalue weighted by atomic mass is 10.2. The Morgan fingerprint density at radius 3 is 2.71 bits per heavy atom. The molecule has 1 aromatic heterocycles. The fourth-order valence-electron chi connectivity index (χ4n) is 1.28. The van der Waals surface area contributed by atoms with Gasteiger partial charge in [0.05, 0.1) is 6.54 Å². The van der Waals surface area contributed by atoms with Crippen molar-refractivity contribution in [3.05, 3.63) is 48.0 Å². The third-order valence-corrected chi connectivity index (χ3v) is 1.97. The Labute approximate surface area is 81.2 Å². The summed E-state index contributed by atoms with van der Waals surface area (Å²) in [6.45, 7) is 0.356. The van der Waals surface area contributed by atoms with Gasteiger partial charge in [0.2, 0.25) is 0 Å². The molecular weight excluding hydrogens is 181 g/mol. The van der Waals surface area contributed by atoms with Crippen LogP contribution in [0.15, 0.2) is 40.8 Å². The third kappa shape index (κ3) is 1.67. The molecule has 0 fully saturated rings. The van der Waals surface area contributed by atoms with E-state index >= 15 is 0 Å². The average molecular weight is 191 g/mol. The number of rotatable bonds is 2. The van der Waals surface area contributed by atoms with Crippen LogP contribution < -0.4 is 5.73 Å². The summed E-state index contributed by atoms with van der Waals surface area (Å²) in [5, 5.41) is 0. The van der Waals surface area contributed by atoms with Crippen molar-refractivity contribution >= 4 is 0 Å². The third-order valence-electron chi connectivity index (χ3n) is 1.97. The molecule has 1 aromatic carbocycles. The summed E-state index contributed by atoms with van der Waals surface area (Å²) in [5.74, 6) is 1.07. The monoisotopic (exact) mass is 191 g/mol. The van der Waals surface area contributed by atoms with Crippen LogP contribution in [0.4, 0.5) is 4.39 Å². The lowest BCUT2D eigenvalue weighted by Crippen LogP contribution is -1.92. The van der Waals surface area contributed by atoms with Crippen LogP contribution in [0.1, 0.15) is 5.76 Å². The molecule has 2 N–H and O–H groups in total. The summed E-state index contributed by atoms with van der Waals surface area (Å²) in [6.07, 6.45) is 0. The lowest BCUT2D eigenvalue weighted by molar-refractivity contribution is 0.524. The van der Waals surface area contributed by atoms with E-state index in [1.807, 2.05) is 0 Å². The summed E-state index contributed by atoms with van der Waals surface area (Å²) in [7, 11) is 0. The Morgan fingerprint density at radius 1 is 1.21 bits per heavy atom. The molecule has 2 rings (SSSR count). The van der Waals surface area contributed by atoms with Gasteiger partial charge in [-0.2, -0.15) is 0 Å². The maximum atomic E-state index is 12.9. The van der Waals surface area contributed by atoms with Crippen LogP contribution in [-0.4, -0.2) is 0 Å². The van der Waals surface area contributed by atoms with E-state index in [2.05, 4.69) is 0 Å². The summed E-state index contributed by atoms with van der Waals surface area (Å²) >= 11 is 0. The van der Waals surface area contributed by atoms with Crippen molar-refractivity contribution in [2.75, 3.05) is 0 Å². The van der Waals surface area contributed by atoms with Gasteiger partial charge in [0, 0.05) is 5.56 Å². The zero-order chi connectivity index (χ0) is 9.97. The van der Waals surface area contributed by atoms with E-state index in [-0.39, 0.29) is 5.82 Å². The summed E-state index contributed by atoms with van der Waals surface area (Å²) in [6, 6.07) is 9.85. The summed E-state index contributed by atoms with van der Waals surface area (Å²) in [4.78, 5) is 0. The number of furan rings is 1. The first-order chi connectivity index (χ1) is 6.79. The van der Waals surface area contributed by atoms with Gasteiger partial charge in [-0.05, 0) is 24.3 Å². The first kappa shape index (κ1) is 8.97. The minimum absolute atomic E-state index is 0.270. The minimum atomic E-state index is -0.270.